The Bertz CT molecular complexity index is 1230. The highest BCUT2D eigenvalue weighted by molar-refractivity contribution is 7.49. The second-order valence-electron chi connectivity index (χ2n) is 9.46. The van der Waals surface area contributed by atoms with Crippen molar-refractivity contribution in [3.8, 4) is 5.75 Å². The Morgan fingerprint density at radius 3 is 2.19 bits per heavy atom. The van der Waals surface area contributed by atoms with Gasteiger partial charge in [-0.25, -0.2) is 5.09 Å². The molecule has 2 unspecified atom stereocenters. The van der Waals surface area contributed by atoms with Gasteiger partial charge in [-0.3, -0.25) is 18.9 Å². The topological polar surface area (TPSA) is 198 Å². The van der Waals surface area contributed by atoms with Gasteiger partial charge in [0.25, 0.3) is 5.91 Å². The summed E-state index contributed by atoms with van der Waals surface area (Å²) in [5, 5.41) is 20.6. The fraction of sp³-hybridized carbons (Fsp3) is 0.429. The third kappa shape index (κ3) is 12.4. The predicted molar refractivity (Wildman–Crippen MR) is 149 cm³/mol. The van der Waals surface area contributed by atoms with Crippen molar-refractivity contribution in [2.45, 2.75) is 52.2 Å². The van der Waals surface area contributed by atoms with Crippen LogP contribution in [0.15, 0.2) is 54.6 Å². The molecule has 4 atom stereocenters. The zero-order valence-corrected chi connectivity index (χ0v) is 24.7. The molecule has 0 aliphatic heterocycles. The van der Waals surface area contributed by atoms with E-state index < -0.39 is 50.1 Å². The second-order valence-corrected chi connectivity index (χ2v) is 11.0. The zero-order valence-electron chi connectivity index (χ0n) is 23.8. The van der Waals surface area contributed by atoms with Gasteiger partial charge in [0.05, 0.1) is 25.2 Å². The monoisotopic (exact) mass is 604 g/mol. The first-order valence-corrected chi connectivity index (χ1v) is 15.0. The summed E-state index contributed by atoms with van der Waals surface area (Å²) in [6, 6.07) is 13.3. The molecule has 2 aromatic carbocycles. The number of hydrogen-bond acceptors (Lipinski definition) is 9. The molecule has 230 valence electrons. The number of hydrogen-bond donors (Lipinski definition) is 4. The minimum Gasteiger partial charge on any atom is -0.766 e. The zero-order chi connectivity index (χ0) is 31.1. The number of benzene rings is 2. The summed E-state index contributed by atoms with van der Waals surface area (Å²) in [5.41, 5.74) is 1.52. The lowest BCUT2D eigenvalue weighted by atomic mass is 9.98. The summed E-state index contributed by atoms with van der Waals surface area (Å²) < 4.78 is 22.4. The molecule has 14 heteroatoms. The molecule has 0 saturated heterocycles. The van der Waals surface area contributed by atoms with E-state index in [1.165, 1.54) is 6.92 Å². The molecule has 2 aromatic rings. The Kier molecular flexibility index (Phi) is 14.1. The normalized spacial score (nSPS) is 14.5. The van der Waals surface area contributed by atoms with Crippen molar-refractivity contribution in [2.75, 3.05) is 19.8 Å². The van der Waals surface area contributed by atoms with Crippen LogP contribution in [0.1, 0.15) is 38.3 Å². The maximum Gasteiger partial charge on any atom is 0.258 e. The highest BCUT2D eigenvalue weighted by Gasteiger charge is 2.31. The molecule has 13 nitrogen and oxygen atoms in total. The van der Waals surface area contributed by atoms with Crippen molar-refractivity contribution in [2.24, 2.45) is 5.92 Å². The largest absolute Gasteiger partial charge is 0.766 e. The molecule has 3 amide bonds. The maximum atomic E-state index is 13.2. The van der Waals surface area contributed by atoms with Gasteiger partial charge in [0.1, 0.15) is 11.8 Å². The molecular formula is C28H37N4O9P-2. The number of nitrogens with one attached hydrogen (secondary N) is 4. The van der Waals surface area contributed by atoms with Crippen molar-refractivity contribution in [3.63, 3.8) is 0 Å². The average Bonchev–Trinajstić information content (AvgIpc) is 2.96. The minimum atomic E-state index is -4.56. The number of rotatable bonds is 18. The first-order chi connectivity index (χ1) is 19.9. The van der Waals surface area contributed by atoms with Gasteiger partial charge in [0.2, 0.25) is 19.6 Å². The molecule has 0 radical (unpaired) electrons. The van der Waals surface area contributed by atoms with Crippen molar-refractivity contribution in [3.05, 3.63) is 65.7 Å². The average molecular weight is 605 g/mol. The smallest absolute Gasteiger partial charge is 0.258 e. The van der Waals surface area contributed by atoms with E-state index in [9.17, 15) is 33.7 Å². The van der Waals surface area contributed by atoms with Crippen LogP contribution in [0.25, 0.3) is 0 Å². The number of aliphatic carboxylic acids is 1. The van der Waals surface area contributed by atoms with Crippen LogP contribution in [0.4, 0.5) is 0 Å². The molecule has 42 heavy (non-hydrogen) atoms. The number of carbonyl (C=O) groups is 4. The summed E-state index contributed by atoms with van der Waals surface area (Å²) in [7, 11) is -4.56. The molecule has 0 aliphatic carbocycles. The van der Waals surface area contributed by atoms with Crippen LogP contribution in [0, 0.1) is 5.92 Å². The van der Waals surface area contributed by atoms with Crippen molar-refractivity contribution in [1.29, 1.82) is 0 Å². The third-order valence-electron chi connectivity index (χ3n) is 6.20. The third-order valence-corrected chi connectivity index (χ3v) is 7.39. The van der Waals surface area contributed by atoms with Gasteiger partial charge in [0, 0.05) is 13.0 Å². The van der Waals surface area contributed by atoms with Crippen molar-refractivity contribution >= 4 is 31.4 Å². The standard InChI is InChI=1S/C28H39N4O9P/c1-4-19(3)26(32-42(38,39)41-5-2)28(37)31-23(27(36)30-17-25(34)35)15-20-11-13-22(14-12-20)40-18-24(33)29-16-21-9-7-6-8-10-21/h6-14,19,23,26H,4-5,15-18H2,1-3H3,(H,29,33)(H,30,36)(H,31,37)(H,34,35)(H2,32,38,39)/p-2/t19-,23?,26-/m0/s1. The predicted octanol–water partition coefficient (Wildman–Crippen LogP) is -0.216. The molecule has 0 bridgehead atoms. The van der Waals surface area contributed by atoms with Gasteiger partial charge < -0.3 is 40.0 Å². The maximum absolute atomic E-state index is 13.2. The van der Waals surface area contributed by atoms with Gasteiger partial charge in [-0.05, 0) is 36.1 Å². The number of carboxylic acid groups (broad SMARTS) is 1. The van der Waals surface area contributed by atoms with E-state index in [0.29, 0.717) is 24.3 Å². The van der Waals surface area contributed by atoms with Gasteiger partial charge in [-0.15, -0.1) is 0 Å². The summed E-state index contributed by atoms with van der Waals surface area (Å²) in [6.07, 6.45) is 0.376. The SMILES string of the molecule is CCOP(=O)([O-])N[C@H](C(=O)NC(Cc1ccc(OCC(=O)NCc2ccccc2)cc1)C(=O)NCC(=O)[O-])[C@@H](C)CC. The van der Waals surface area contributed by atoms with Crippen LogP contribution in [0.2, 0.25) is 0 Å². The van der Waals surface area contributed by atoms with E-state index in [1.54, 1.807) is 38.1 Å². The number of carbonyl (C=O) groups excluding carboxylic acids is 4. The fourth-order valence-corrected chi connectivity index (χ4v) is 4.89. The Morgan fingerprint density at radius 1 is 0.929 bits per heavy atom. The van der Waals surface area contributed by atoms with Crippen LogP contribution in [0.3, 0.4) is 0 Å². The molecule has 0 aliphatic rings. The lowest BCUT2D eigenvalue weighted by Crippen LogP contribution is -2.56. The van der Waals surface area contributed by atoms with E-state index in [2.05, 4.69) is 21.0 Å². The van der Waals surface area contributed by atoms with E-state index in [-0.39, 0.29) is 25.5 Å². The molecule has 0 spiro atoms. The Hall–Kier alpha value is -3.77. The lowest BCUT2D eigenvalue weighted by molar-refractivity contribution is -0.304. The Balaban J connectivity index is 2.07. The summed E-state index contributed by atoms with van der Waals surface area (Å²) in [5.74, 6) is -3.49. The van der Waals surface area contributed by atoms with Gasteiger partial charge in [0.15, 0.2) is 6.61 Å². The number of amides is 3. The first kappa shape index (κ1) is 34.4. The highest BCUT2D eigenvalue weighted by atomic mass is 31.2. The summed E-state index contributed by atoms with van der Waals surface area (Å²) >= 11 is 0. The Morgan fingerprint density at radius 2 is 1.60 bits per heavy atom. The van der Waals surface area contributed by atoms with Crippen molar-refractivity contribution < 1.29 is 43.0 Å². The summed E-state index contributed by atoms with van der Waals surface area (Å²) in [4.78, 5) is 61.2. The Labute approximate surface area is 245 Å². The van der Waals surface area contributed by atoms with Gasteiger partial charge in [-0.2, -0.15) is 0 Å². The second kappa shape index (κ2) is 17.2. The van der Waals surface area contributed by atoms with Crippen LogP contribution < -0.4 is 35.8 Å². The number of carboxylic acids is 1. The molecule has 2 rings (SSSR count). The quantitative estimate of drug-likeness (QED) is 0.165. The van der Waals surface area contributed by atoms with E-state index in [1.807, 2.05) is 30.3 Å². The van der Waals surface area contributed by atoms with E-state index in [4.69, 9.17) is 9.26 Å². The minimum absolute atomic E-state index is 0.0593. The molecular weight excluding hydrogens is 567 g/mol. The molecule has 4 N–H and O–H groups in total. The van der Waals surface area contributed by atoms with Crippen LogP contribution in [-0.2, 0) is 41.2 Å². The van der Waals surface area contributed by atoms with Crippen molar-refractivity contribution in [1.82, 2.24) is 21.0 Å². The van der Waals surface area contributed by atoms with Gasteiger partial charge in [-0.1, -0.05) is 62.7 Å². The van der Waals surface area contributed by atoms with Crippen LogP contribution >= 0.6 is 7.75 Å². The lowest BCUT2D eigenvalue weighted by Gasteiger charge is -2.32. The first-order valence-electron chi connectivity index (χ1n) is 13.5. The fourth-order valence-electron chi connectivity index (χ4n) is 3.76. The number of ether oxygens (including phenoxy) is 1. The molecule has 0 aromatic heterocycles. The van der Waals surface area contributed by atoms with Gasteiger partial charge >= 0.3 is 0 Å². The summed E-state index contributed by atoms with van der Waals surface area (Å²) in [6.45, 7) is 4.15. The molecule has 0 fully saturated rings. The van der Waals surface area contributed by atoms with Crippen LogP contribution in [0.5, 0.6) is 5.75 Å². The highest BCUT2D eigenvalue weighted by Crippen LogP contribution is 2.33. The van der Waals surface area contributed by atoms with E-state index in [0.717, 1.165) is 5.56 Å². The molecule has 0 heterocycles. The van der Waals surface area contributed by atoms with Crippen LogP contribution in [-0.4, -0.2) is 55.5 Å². The molecule has 0 saturated carbocycles. The van der Waals surface area contributed by atoms with E-state index >= 15 is 0 Å².